The van der Waals surface area contributed by atoms with Gasteiger partial charge in [0.1, 0.15) is 0 Å². The van der Waals surface area contributed by atoms with Crippen LogP contribution < -0.4 is 11.1 Å². The molecule has 0 spiro atoms. The summed E-state index contributed by atoms with van der Waals surface area (Å²) in [6.45, 7) is 2.28. The molecule has 1 aliphatic heterocycles. The smallest absolute Gasteiger partial charge is 0.0571 e. The molecule has 1 atom stereocenters. The van der Waals surface area contributed by atoms with Crippen molar-refractivity contribution in [2.24, 2.45) is 11.7 Å². The topological polar surface area (TPSA) is 50.9 Å². The maximum Gasteiger partial charge on any atom is 0.0571 e. The predicted octanol–water partition coefficient (Wildman–Crippen LogP) is 1.47. The van der Waals surface area contributed by atoms with Gasteiger partial charge in [-0.1, -0.05) is 6.07 Å². The summed E-state index contributed by atoms with van der Waals surface area (Å²) in [5.41, 5.74) is 7.17. The third kappa shape index (κ3) is 3.01. The summed E-state index contributed by atoms with van der Waals surface area (Å²) in [6.07, 6.45) is 5.39. The van der Waals surface area contributed by atoms with Crippen LogP contribution in [0.4, 0.5) is 0 Å². The molecule has 2 rings (SSSR count). The molecule has 0 saturated carbocycles. The van der Waals surface area contributed by atoms with Crippen LogP contribution in [-0.4, -0.2) is 18.1 Å². The Morgan fingerprint density at radius 1 is 1.40 bits per heavy atom. The lowest BCUT2D eigenvalue weighted by atomic mass is 9.90. The summed E-state index contributed by atoms with van der Waals surface area (Å²) in [5, 5.41) is 3.37. The van der Waals surface area contributed by atoms with Crippen molar-refractivity contribution in [1.29, 1.82) is 0 Å². The standard InChI is InChI=1S/C12H19N3/c13-11(12-3-1-2-6-15-12)9-10-4-7-14-8-5-10/h1-3,6,10-11,14H,4-5,7-9,13H2. The minimum absolute atomic E-state index is 0.106. The number of rotatable bonds is 3. The Hall–Kier alpha value is -0.930. The van der Waals surface area contributed by atoms with Gasteiger partial charge in [-0.15, -0.1) is 0 Å². The van der Waals surface area contributed by atoms with Crippen LogP contribution in [0.25, 0.3) is 0 Å². The lowest BCUT2D eigenvalue weighted by Crippen LogP contribution is -2.29. The van der Waals surface area contributed by atoms with Crippen LogP contribution in [-0.2, 0) is 0 Å². The third-order valence-corrected chi connectivity index (χ3v) is 3.11. The van der Waals surface area contributed by atoms with Crippen molar-refractivity contribution in [2.45, 2.75) is 25.3 Å². The molecule has 15 heavy (non-hydrogen) atoms. The van der Waals surface area contributed by atoms with Gasteiger partial charge in [-0.2, -0.15) is 0 Å². The lowest BCUT2D eigenvalue weighted by Gasteiger charge is -2.25. The lowest BCUT2D eigenvalue weighted by molar-refractivity contribution is 0.331. The Balaban J connectivity index is 1.88. The van der Waals surface area contributed by atoms with Crippen LogP contribution in [0.2, 0.25) is 0 Å². The van der Waals surface area contributed by atoms with Gasteiger partial charge in [0.05, 0.1) is 5.69 Å². The fourth-order valence-corrected chi connectivity index (χ4v) is 2.19. The Morgan fingerprint density at radius 2 is 2.20 bits per heavy atom. The molecular formula is C12H19N3. The Morgan fingerprint density at radius 3 is 2.87 bits per heavy atom. The van der Waals surface area contributed by atoms with E-state index in [1.54, 1.807) is 0 Å². The molecule has 1 aliphatic rings. The molecule has 3 heteroatoms. The van der Waals surface area contributed by atoms with Crippen molar-refractivity contribution in [3.05, 3.63) is 30.1 Å². The van der Waals surface area contributed by atoms with E-state index in [-0.39, 0.29) is 6.04 Å². The van der Waals surface area contributed by atoms with Crippen molar-refractivity contribution >= 4 is 0 Å². The highest BCUT2D eigenvalue weighted by Crippen LogP contribution is 2.23. The van der Waals surface area contributed by atoms with Gasteiger partial charge in [0.15, 0.2) is 0 Å². The molecule has 3 nitrogen and oxygen atoms in total. The number of nitrogens with one attached hydrogen (secondary N) is 1. The van der Waals surface area contributed by atoms with E-state index in [2.05, 4.69) is 10.3 Å². The van der Waals surface area contributed by atoms with Crippen LogP contribution in [0, 0.1) is 5.92 Å². The second kappa shape index (κ2) is 5.24. The number of nitrogens with two attached hydrogens (primary N) is 1. The first kappa shape index (κ1) is 10.6. The molecule has 82 valence electrons. The molecule has 3 N–H and O–H groups in total. The average Bonchev–Trinajstić information content (AvgIpc) is 2.31. The Bertz CT molecular complexity index is 280. The molecule has 1 saturated heterocycles. The largest absolute Gasteiger partial charge is 0.323 e. The molecule has 1 aromatic heterocycles. The molecule has 0 aliphatic carbocycles. The van der Waals surface area contributed by atoms with E-state index in [4.69, 9.17) is 5.73 Å². The zero-order valence-electron chi connectivity index (χ0n) is 9.02. The second-order valence-electron chi connectivity index (χ2n) is 4.29. The van der Waals surface area contributed by atoms with E-state index in [0.29, 0.717) is 0 Å². The quantitative estimate of drug-likeness (QED) is 0.785. The van der Waals surface area contributed by atoms with Gasteiger partial charge in [0.2, 0.25) is 0 Å². The summed E-state index contributed by atoms with van der Waals surface area (Å²) in [5.74, 6) is 0.767. The van der Waals surface area contributed by atoms with Gasteiger partial charge in [-0.25, -0.2) is 0 Å². The number of piperidine rings is 1. The van der Waals surface area contributed by atoms with Crippen LogP contribution in [0.1, 0.15) is 31.0 Å². The van der Waals surface area contributed by atoms with Crippen LogP contribution >= 0.6 is 0 Å². The summed E-state index contributed by atoms with van der Waals surface area (Å²) >= 11 is 0. The maximum absolute atomic E-state index is 6.14. The molecule has 1 fully saturated rings. The first-order chi connectivity index (χ1) is 7.36. The van der Waals surface area contributed by atoms with Gasteiger partial charge >= 0.3 is 0 Å². The summed E-state index contributed by atoms with van der Waals surface area (Å²) < 4.78 is 0. The second-order valence-corrected chi connectivity index (χ2v) is 4.29. The van der Waals surface area contributed by atoms with Crippen LogP contribution in [0.5, 0.6) is 0 Å². The number of pyridine rings is 1. The molecule has 0 amide bonds. The monoisotopic (exact) mass is 205 g/mol. The molecule has 2 heterocycles. The van der Waals surface area contributed by atoms with Gasteiger partial charge in [0, 0.05) is 12.2 Å². The number of hydrogen-bond acceptors (Lipinski definition) is 3. The minimum atomic E-state index is 0.106. The molecule has 1 aromatic rings. The first-order valence-electron chi connectivity index (χ1n) is 5.73. The van der Waals surface area contributed by atoms with Gasteiger partial charge < -0.3 is 11.1 Å². The third-order valence-electron chi connectivity index (χ3n) is 3.11. The average molecular weight is 205 g/mol. The number of nitrogens with zero attached hydrogens (tertiary/aromatic N) is 1. The van der Waals surface area contributed by atoms with E-state index < -0.39 is 0 Å². The Labute approximate surface area is 91.1 Å². The first-order valence-corrected chi connectivity index (χ1v) is 5.73. The Kier molecular flexibility index (Phi) is 3.69. The van der Waals surface area contributed by atoms with Gasteiger partial charge in [-0.05, 0) is 50.4 Å². The normalized spacial score (nSPS) is 20.1. The van der Waals surface area contributed by atoms with Crippen molar-refractivity contribution < 1.29 is 0 Å². The molecular weight excluding hydrogens is 186 g/mol. The molecule has 1 unspecified atom stereocenters. The minimum Gasteiger partial charge on any atom is -0.323 e. The number of aromatic nitrogens is 1. The van der Waals surface area contributed by atoms with E-state index in [1.165, 1.54) is 12.8 Å². The zero-order chi connectivity index (χ0) is 10.5. The molecule has 0 aromatic carbocycles. The van der Waals surface area contributed by atoms with Crippen molar-refractivity contribution in [1.82, 2.24) is 10.3 Å². The fraction of sp³-hybridized carbons (Fsp3) is 0.583. The SMILES string of the molecule is NC(CC1CCNCC1)c1ccccn1. The van der Waals surface area contributed by atoms with Crippen molar-refractivity contribution in [3.8, 4) is 0 Å². The van der Waals surface area contributed by atoms with E-state index in [9.17, 15) is 0 Å². The molecule has 0 radical (unpaired) electrons. The van der Waals surface area contributed by atoms with Gasteiger partial charge in [0.25, 0.3) is 0 Å². The van der Waals surface area contributed by atoms with Crippen LogP contribution in [0.3, 0.4) is 0 Å². The highest BCUT2D eigenvalue weighted by Gasteiger charge is 2.17. The fourth-order valence-electron chi connectivity index (χ4n) is 2.19. The summed E-state index contributed by atoms with van der Waals surface area (Å²) in [6, 6.07) is 6.06. The van der Waals surface area contributed by atoms with Crippen LogP contribution in [0.15, 0.2) is 24.4 Å². The highest BCUT2D eigenvalue weighted by molar-refractivity contribution is 5.08. The zero-order valence-corrected chi connectivity index (χ0v) is 9.02. The maximum atomic E-state index is 6.14. The van der Waals surface area contributed by atoms with E-state index >= 15 is 0 Å². The van der Waals surface area contributed by atoms with Gasteiger partial charge in [-0.3, -0.25) is 4.98 Å². The predicted molar refractivity (Wildman–Crippen MR) is 61.4 cm³/mol. The summed E-state index contributed by atoms with van der Waals surface area (Å²) in [7, 11) is 0. The number of hydrogen-bond donors (Lipinski definition) is 2. The van der Waals surface area contributed by atoms with Crippen molar-refractivity contribution in [3.63, 3.8) is 0 Å². The molecule has 0 bridgehead atoms. The summed E-state index contributed by atoms with van der Waals surface area (Å²) in [4.78, 5) is 4.30. The van der Waals surface area contributed by atoms with E-state index in [1.807, 2.05) is 24.4 Å². The van der Waals surface area contributed by atoms with Crippen molar-refractivity contribution in [2.75, 3.05) is 13.1 Å². The van der Waals surface area contributed by atoms with E-state index in [0.717, 1.165) is 31.1 Å². The highest BCUT2D eigenvalue weighted by atomic mass is 14.9.